The molecule has 0 heterocycles. The van der Waals surface area contributed by atoms with Crippen LogP contribution in [0.25, 0.3) is 11.1 Å². The molecule has 26 heavy (non-hydrogen) atoms. The average molecular weight is 374 g/mol. The quantitative estimate of drug-likeness (QED) is 0.650. The van der Waals surface area contributed by atoms with E-state index in [1.807, 2.05) is 49.7 Å². The van der Waals surface area contributed by atoms with Crippen LogP contribution in [0.4, 0.5) is 5.69 Å². The van der Waals surface area contributed by atoms with Gasteiger partial charge in [0.05, 0.1) is 18.3 Å². The number of nitriles is 1. The molecule has 0 aliphatic heterocycles. The summed E-state index contributed by atoms with van der Waals surface area (Å²) < 4.78 is 4.99. The molecule has 6 heteroatoms. The maximum absolute atomic E-state index is 10.5. The van der Waals surface area contributed by atoms with E-state index in [2.05, 4.69) is 36.9 Å². The van der Waals surface area contributed by atoms with Crippen molar-refractivity contribution in [3.05, 3.63) is 48.0 Å². The molecule has 2 aromatic carbocycles. The number of benzene rings is 2. The molecule has 0 atom stereocenters. The molecular weight excluding hydrogens is 346 g/mol. The van der Waals surface area contributed by atoms with Crippen LogP contribution in [0, 0.1) is 18.3 Å². The summed E-state index contributed by atoms with van der Waals surface area (Å²) in [6.07, 6.45) is 4.08. The van der Waals surface area contributed by atoms with Crippen LogP contribution in [0.3, 0.4) is 0 Å². The summed E-state index contributed by atoms with van der Waals surface area (Å²) in [6, 6.07) is 15.8. The standard InChI is InChI=1S/C16H17NO2.C2H4N2.C2H6S/c1-12-4-6-13(7-5-12)14-8-9-16(19-11-18)15(10-14)17(2)3;3-1-2-4;1-3-2/h4-11H,1-3H3;1,3H2;1-2H3. The van der Waals surface area contributed by atoms with Gasteiger partial charge in [0.1, 0.15) is 0 Å². The first-order valence-corrected chi connectivity index (χ1v) is 9.54. The molecule has 0 amide bonds. The first-order valence-electron chi connectivity index (χ1n) is 7.90. The summed E-state index contributed by atoms with van der Waals surface area (Å²) in [5, 5.41) is 7.50. The Hall–Kier alpha value is -2.49. The minimum atomic E-state index is 0.125. The monoisotopic (exact) mass is 373 g/mol. The van der Waals surface area contributed by atoms with Crippen molar-refractivity contribution in [2.45, 2.75) is 6.92 Å². The van der Waals surface area contributed by atoms with Crippen LogP contribution in [-0.4, -0.2) is 39.6 Å². The fourth-order valence-corrected chi connectivity index (χ4v) is 1.94. The molecule has 0 bridgehead atoms. The van der Waals surface area contributed by atoms with E-state index in [9.17, 15) is 4.79 Å². The van der Waals surface area contributed by atoms with E-state index in [0.29, 0.717) is 12.2 Å². The Kier molecular flexibility index (Phi) is 12.4. The number of anilines is 1. The molecule has 2 rings (SSSR count). The van der Waals surface area contributed by atoms with Gasteiger partial charge in [-0.2, -0.15) is 17.0 Å². The van der Waals surface area contributed by atoms with Gasteiger partial charge in [-0.3, -0.25) is 4.79 Å². The van der Waals surface area contributed by atoms with Crippen LogP contribution in [0.5, 0.6) is 5.75 Å². The fraction of sp³-hybridized carbons (Fsp3) is 0.300. The summed E-state index contributed by atoms with van der Waals surface area (Å²) in [6.45, 7) is 2.64. The molecule has 0 aliphatic carbocycles. The van der Waals surface area contributed by atoms with Crippen LogP contribution in [0.1, 0.15) is 5.56 Å². The van der Waals surface area contributed by atoms with Crippen molar-refractivity contribution in [3.8, 4) is 22.9 Å². The maximum atomic E-state index is 10.5. The van der Waals surface area contributed by atoms with Gasteiger partial charge in [0.25, 0.3) is 6.47 Å². The molecule has 0 aliphatic rings. The number of thioether (sulfide) groups is 1. The van der Waals surface area contributed by atoms with Crippen molar-refractivity contribution in [2.75, 3.05) is 38.1 Å². The van der Waals surface area contributed by atoms with Crippen molar-refractivity contribution in [2.24, 2.45) is 5.73 Å². The van der Waals surface area contributed by atoms with Gasteiger partial charge in [0.15, 0.2) is 5.75 Å². The smallest absolute Gasteiger partial charge is 0.298 e. The Morgan fingerprint density at radius 3 is 2.08 bits per heavy atom. The van der Waals surface area contributed by atoms with Crippen LogP contribution in [0.15, 0.2) is 42.5 Å². The molecule has 0 fully saturated rings. The normalized spacial score (nSPS) is 8.81. The Bertz CT molecular complexity index is 695. The highest BCUT2D eigenvalue weighted by molar-refractivity contribution is 7.97. The lowest BCUT2D eigenvalue weighted by Crippen LogP contribution is -2.10. The number of nitrogens with zero attached hydrogens (tertiary/aromatic N) is 2. The molecule has 140 valence electrons. The van der Waals surface area contributed by atoms with Crippen LogP contribution in [0.2, 0.25) is 0 Å². The van der Waals surface area contributed by atoms with Crippen LogP contribution >= 0.6 is 11.8 Å². The molecule has 0 unspecified atom stereocenters. The summed E-state index contributed by atoms with van der Waals surface area (Å²) in [5.41, 5.74) is 9.02. The lowest BCUT2D eigenvalue weighted by Gasteiger charge is -2.17. The molecule has 0 spiro atoms. The van der Waals surface area contributed by atoms with Gasteiger partial charge in [-0.15, -0.1) is 0 Å². The van der Waals surface area contributed by atoms with Gasteiger partial charge in [0, 0.05) is 14.1 Å². The molecule has 2 N–H and O–H groups in total. The summed E-state index contributed by atoms with van der Waals surface area (Å²) in [7, 11) is 3.85. The highest BCUT2D eigenvalue weighted by atomic mass is 32.2. The fourth-order valence-electron chi connectivity index (χ4n) is 1.94. The van der Waals surface area contributed by atoms with Crippen LogP contribution < -0.4 is 15.4 Å². The third-order valence-corrected chi connectivity index (χ3v) is 3.09. The van der Waals surface area contributed by atoms with E-state index in [1.54, 1.807) is 17.8 Å². The van der Waals surface area contributed by atoms with Crippen molar-refractivity contribution in [1.82, 2.24) is 0 Å². The summed E-state index contributed by atoms with van der Waals surface area (Å²) in [5.74, 6) is 0.566. The van der Waals surface area contributed by atoms with Crippen molar-refractivity contribution in [3.63, 3.8) is 0 Å². The van der Waals surface area contributed by atoms with E-state index in [-0.39, 0.29) is 6.54 Å². The maximum Gasteiger partial charge on any atom is 0.298 e. The SMILES string of the molecule is CSC.Cc1ccc(-c2ccc(OC=O)c(N(C)C)c2)cc1.N#CCN. The first kappa shape index (κ1) is 23.5. The topological polar surface area (TPSA) is 79.3 Å². The van der Waals surface area contributed by atoms with Gasteiger partial charge in [-0.05, 0) is 42.7 Å². The second kappa shape index (κ2) is 13.8. The summed E-state index contributed by atoms with van der Waals surface area (Å²) in [4.78, 5) is 12.4. The number of rotatable bonds is 4. The third kappa shape index (κ3) is 8.56. The van der Waals surface area contributed by atoms with Gasteiger partial charge < -0.3 is 15.4 Å². The first-order chi connectivity index (χ1) is 12.4. The van der Waals surface area contributed by atoms with Gasteiger partial charge >= 0.3 is 0 Å². The molecule has 0 aromatic heterocycles. The summed E-state index contributed by atoms with van der Waals surface area (Å²) >= 11 is 1.75. The lowest BCUT2D eigenvalue weighted by atomic mass is 10.0. The Labute approximate surface area is 160 Å². The number of carbonyl (C=O) groups excluding carboxylic acids is 1. The number of hydrogen-bond donors (Lipinski definition) is 1. The van der Waals surface area contributed by atoms with Crippen molar-refractivity contribution in [1.29, 1.82) is 5.26 Å². The second-order valence-electron chi connectivity index (χ2n) is 5.43. The highest BCUT2D eigenvalue weighted by Crippen LogP contribution is 2.32. The predicted octanol–water partition coefficient (Wildman–Crippen LogP) is 3.71. The number of hydrogen-bond acceptors (Lipinski definition) is 6. The van der Waals surface area contributed by atoms with E-state index in [4.69, 9.17) is 10.00 Å². The van der Waals surface area contributed by atoms with E-state index >= 15 is 0 Å². The molecular formula is C20H27N3O2S. The average Bonchev–Trinajstić information content (AvgIpc) is 2.64. The third-order valence-electron chi connectivity index (χ3n) is 3.09. The predicted molar refractivity (Wildman–Crippen MR) is 112 cm³/mol. The van der Waals surface area contributed by atoms with Gasteiger partial charge in [-0.25, -0.2) is 0 Å². The van der Waals surface area contributed by atoms with Crippen LogP contribution in [-0.2, 0) is 4.79 Å². The molecule has 0 saturated heterocycles. The second-order valence-corrected chi connectivity index (χ2v) is 6.24. The molecule has 0 saturated carbocycles. The number of ether oxygens (including phenoxy) is 1. The Morgan fingerprint density at radius 2 is 1.65 bits per heavy atom. The number of carbonyl (C=O) groups is 1. The number of nitrogens with two attached hydrogens (primary N) is 1. The zero-order chi connectivity index (χ0) is 19.9. The largest absolute Gasteiger partial charge is 0.427 e. The minimum Gasteiger partial charge on any atom is -0.427 e. The van der Waals surface area contributed by atoms with E-state index in [1.165, 1.54) is 5.56 Å². The van der Waals surface area contributed by atoms with Gasteiger partial charge in [0.2, 0.25) is 0 Å². The lowest BCUT2D eigenvalue weighted by molar-refractivity contribution is -0.120. The zero-order valence-electron chi connectivity index (χ0n) is 16.0. The minimum absolute atomic E-state index is 0.125. The van der Waals surface area contributed by atoms with Crippen molar-refractivity contribution >= 4 is 23.9 Å². The van der Waals surface area contributed by atoms with E-state index < -0.39 is 0 Å². The highest BCUT2D eigenvalue weighted by Gasteiger charge is 2.08. The van der Waals surface area contributed by atoms with Gasteiger partial charge in [-0.1, -0.05) is 35.9 Å². The Morgan fingerprint density at radius 1 is 1.15 bits per heavy atom. The Balaban J connectivity index is 0.000000770. The molecule has 0 radical (unpaired) electrons. The zero-order valence-corrected chi connectivity index (χ0v) is 16.8. The van der Waals surface area contributed by atoms with E-state index in [0.717, 1.165) is 16.8 Å². The molecule has 5 nitrogen and oxygen atoms in total. The number of aryl methyl sites for hydroxylation is 1. The van der Waals surface area contributed by atoms with Crippen molar-refractivity contribution < 1.29 is 9.53 Å². The molecule has 2 aromatic rings.